The average molecular weight is 317 g/mol. The molecule has 0 aromatic carbocycles. The van der Waals surface area contributed by atoms with Gasteiger partial charge in [0, 0.05) is 43.4 Å². The van der Waals surface area contributed by atoms with E-state index in [9.17, 15) is 4.79 Å². The number of anilines is 1. The zero-order chi connectivity index (χ0) is 15.2. The summed E-state index contributed by atoms with van der Waals surface area (Å²) in [7, 11) is 0. The number of amides is 2. The Balaban J connectivity index is 1.52. The van der Waals surface area contributed by atoms with Gasteiger partial charge in [-0.05, 0) is 23.9 Å². The van der Waals surface area contributed by atoms with Crippen LogP contribution in [0.25, 0.3) is 0 Å². The molecule has 0 unspecified atom stereocenters. The summed E-state index contributed by atoms with van der Waals surface area (Å²) in [5, 5.41) is 5.00. The predicted octanol–water partition coefficient (Wildman–Crippen LogP) is 1.96. The molecule has 0 bridgehead atoms. The summed E-state index contributed by atoms with van der Waals surface area (Å²) in [6.45, 7) is 3.68. The van der Waals surface area contributed by atoms with Crippen molar-refractivity contribution in [3.8, 4) is 0 Å². The molecule has 3 rings (SSSR count). The SMILES string of the molecule is O=C(NCc1cccs1)N1CCCN(c2ncccn2)CC1. The Hall–Kier alpha value is -2.15. The van der Waals surface area contributed by atoms with Crippen molar-refractivity contribution in [1.82, 2.24) is 20.2 Å². The van der Waals surface area contributed by atoms with E-state index < -0.39 is 0 Å². The average Bonchev–Trinajstić information content (AvgIpc) is 2.96. The van der Waals surface area contributed by atoms with E-state index in [0.717, 1.165) is 32.0 Å². The second-order valence-corrected chi connectivity index (χ2v) is 6.15. The van der Waals surface area contributed by atoms with E-state index in [-0.39, 0.29) is 6.03 Å². The first-order chi connectivity index (χ1) is 10.8. The lowest BCUT2D eigenvalue weighted by Crippen LogP contribution is -2.41. The fraction of sp³-hybridized carbons (Fsp3) is 0.400. The highest BCUT2D eigenvalue weighted by molar-refractivity contribution is 7.09. The first-order valence-electron chi connectivity index (χ1n) is 7.40. The zero-order valence-electron chi connectivity index (χ0n) is 12.3. The maximum Gasteiger partial charge on any atom is 0.317 e. The molecule has 22 heavy (non-hydrogen) atoms. The van der Waals surface area contributed by atoms with Gasteiger partial charge in [0.15, 0.2) is 0 Å². The fourth-order valence-electron chi connectivity index (χ4n) is 2.46. The number of carbonyl (C=O) groups is 1. The van der Waals surface area contributed by atoms with Crippen molar-refractivity contribution < 1.29 is 4.79 Å². The van der Waals surface area contributed by atoms with Crippen LogP contribution in [0, 0.1) is 0 Å². The summed E-state index contributed by atoms with van der Waals surface area (Å²) in [4.78, 5) is 26.0. The van der Waals surface area contributed by atoms with Gasteiger partial charge in [-0.3, -0.25) is 0 Å². The largest absolute Gasteiger partial charge is 0.339 e. The first-order valence-corrected chi connectivity index (χ1v) is 8.28. The predicted molar refractivity (Wildman–Crippen MR) is 87.0 cm³/mol. The quantitative estimate of drug-likeness (QED) is 0.940. The van der Waals surface area contributed by atoms with Gasteiger partial charge in [0.05, 0.1) is 6.54 Å². The van der Waals surface area contributed by atoms with Crippen molar-refractivity contribution in [2.24, 2.45) is 0 Å². The molecule has 1 fully saturated rings. The normalized spacial score (nSPS) is 15.5. The van der Waals surface area contributed by atoms with E-state index in [1.54, 1.807) is 23.7 Å². The van der Waals surface area contributed by atoms with Gasteiger partial charge in [-0.15, -0.1) is 11.3 Å². The van der Waals surface area contributed by atoms with Gasteiger partial charge in [0.25, 0.3) is 0 Å². The van der Waals surface area contributed by atoms with Gasteiger partial charge in [0.1, 0.15) is 0 Å². The van der Waals surface area contributed by atoms with Gasteiger partial charge in [-0.2, -0.15) is 0 Å². The Morgan fingerprint density at radius 3 is 2.82 bits per heavy atom. The van der Waals surface area contributed by atoms with Gasteiger partial charge >= 0.3 is 6.03 Å². The van der Waals surface area contributed by atoms with Gasteiger partial charge in [0.2, 0.25) is 5.95 Å². The van der Waals surface area contributed by atoms with Crippen molar-refractivity contribution >= 4 is 23.3 Å². The lowest BCUT2D eigenvalue weighted by atomic mass is 10.4. The highest BCUT2D eigenvalue weighted by Gasteiger charge is 2.20. The van der Waals surface area contributed by atoms with Crippen LogP contribution >= 0.6 is 11.3 Å². The lowest BCUT2D eigenvalue weighted by molar-refractivity contribution is 0.201. The summed E-state index contributed by atoms with van der Waals surface area (Å²) < 4.78 is 0. The number of rotatable bonds is 3. The van der Waals surface area contributed by atoms with Crippen LogP contribution in [0.2, 0.25) is 0 Å². The minimum atomic E-state index is 0.00392. The van der Waals surface area contributed by atoms with Crippen molar-refractivity contribution in [1.29, 1.82) is 0 Å². The van der Waals surface area contributed by atoms with Crippen LogP contribution < -0.4 is 10.2 Å². The third-order valence-corrected chi connectivity index (χ3v) is 4.49. The van der Waals surface area contributed by atoms with Crippen LogP contribution in [0.3, 0.4) is 0 Å². The van der Waals surface area contributed by atoms with Crippen LogP contribution in [0.5, 0.6) is 0 Å². The summed E-state index contributed by atoms with van der Waals surface area (Å²) in [5.41, 5.74) is 0. The topological polar surface area (TPSA) is 61.4 Å². The standard InChI is InChI=1S/C15H19N5OS/c21-15(18-12-13-4-1-11-22-13)20-8-3-7-19(9-10-20)14-16-5-2-6-17-14/h1-2,4-6,11H,3,7-10,12H2,(H,18,21). The summed E-state index contributed by atoms with van der Waals surface area (Å²) >= 11 is 1.66. The van der Waals surface area contributed by atoms with Crippen LogP contribution in [-0.2, 0) is 6.54 Å². The third-order valence-electron chi connectivity index (χ3n) is 3.61. The van der Waals surface area contributed by atoms with Crippen LogP contribution in [0.4, 0.5) is 10.7 Å². The fourth-order valence-corrected chi connectivity index (χ4v) is 3.11. The highest BCUT2D eigenvalue weighted by Crippen LogP contribution is 2.11. The van der Waals surface area contributed by atoms with E-state index >= 15 is 0 Å². The minimum Gasteiger partial charge on any atom is -0.339 e. The summed E-state index contributed by atoms with van der Waals surface area (Å²) in [5.74, 6) is 0.739. The Kier molecular flexibility index (Phi) is 4.85. The number of thiophene rings is 1. The molecule has 1 N–H and O–H groups in total. The molecule has 6 nitrogen and oxygen atoms in total. The van der Waals surface area contributed by atoms with E-state index in [1.807, 2.05) is 28.5 Å². The molecule has 0 spiro atoms. The number of aromatic nitrogens is 2. The van der Waals surface area contributed by atoms with Crippen molar-refractivity contribution in [3.05, 3.63) is 40.8 Å². The monoisotopic (exact) mass is 317 g/mol. The van der Waals surface area contributed by atoms with E-state index in [1.165, 1.54) is 4.88 Å². The number of nitrogens with one attached hydrogen (secondary N) is 1. The molecular formula is C15H19N5OS. The molecule has 116 valence electrons. The lowest BCUT2D eigenvalue weighted by Gasteiger charge is -2.22. The number of hydrogen-bond donors (Lipinski definition) is 1. The van der Waals surface area contributed by atoms with E-state index in [4.69, 9.17) is 0 Å². The molecule has 1 saturated heterocycles. The van der Waals surface area contributed by atoms with Gasteiger partial charge < -0.3 is 15.1 Å². The Bertz CT molecular complexity index is 589. The molecule has 0 atom stereocenters. The van der Waals surface area contributed by atoms with Crippen LogP contribution in [0.15, 0.2) is 36.0 Å². The van der Waals surface area contributed by atoms with Crippen LogP contribution in [0.1, 0.15) is 11.3 Å². The maximum atomic E-state index is 12.3. The molecule has 0 saturated carbocycles. The molecule has 2 aromatic heterocycles. The maximum absolute atomic E-state index is 12.3. The second-order valence-electron chi connectivity index (χ2n) is 5.11. The third kappa shape index (κ3) is 3.73. The molecule has 1 aliphatic heterocycles. The number of nitrogens with zero attached hydrogens (tertiary/aromatic N) is 4. The Labute approximate surface area is 133 Å². The van der Waals surface area contributed by atoms with Crippen molar-refractivity contribution in [2.75, 3.05) is 31.1 Å². The Morgan fingerprint density at radius 2 is 2.05 bits per heavy atom. The second kappa shape index (κ2) is 7.22. The first kappa shape index (κ1) is 14.8. The summed E-state index contributed by atoms with van der Waals surface area (Å²) in [6, 6.07) is 5.84. The smallest absolute Gasteiger partial charge is 0.317 e. The molecule has 2 aromatic rings. The number of urea groups is 1. The summed E-state index contributed by atoms with van der Waals surface area (Å²) in [6.07, 6.45) is 4.42. The molecule has 0 aliphatic carbocycles. The van der Waals surface area contributed by atoms with E-state index in [0.29, 0.717) is 13.1 Å². The van der Waals surface area contributed by atoms with Gasteiger partial charge in [-0.1, -0.05) is 6.07 Å². The van der Waals surface area contributed by atoms with E-state index in [2.05, 4.69) is 20.2 Å². The Morgan fingerprint density at radius 1 is 1.18 bits per heavy atom. The number of carbonyl (C=O) groups excluding carboxylic acids is 1. The molecular weight excluding hydrogens is 298 g/mol. The highest BCUT2D eigenvalue weighted by atomic mass is 32.1. The molecule has 0 radical (unpaired) electrons. The van der Waals surface area contributed by atoms with Crippen LogP contribution in [-0.4, -0.2) is 47.1 Å². The minimum absolute atomic E-state index is 0.00392. The van der Waals surface area contributed by atoms with Crippen molar-refractivity contribution in [3.63, 3.8) is 0 Å². The van der Waals surface area contributed by atoms with Gasteiger partial charge in [-0.25, -0.2) is 14.8 Å². The number of hydrogen-bond acceptors (Lipinski definition) is 5. The van der Waals surface area contributed by atoms with Crippen molar-refractivity contribution in [2.45, 2.75) is 13.0 Å². The molecule has 3 heterocycles. The molecule has 1 aliphatic rings. The molecule has 2 amide bonds. The zero-order valence-corrected chi connectivity index (χ0v) is 13.1. The molecule has 7 heteroatoms.